The number of ether oxygens (including phenoxy) is 2. The lowest BCUT2D eigenvalue weighted by Gasteiger charge is -2.35. The molecule has 1 aromatic heterocycles. The number of methoxy groups -OCH3 is 1. The minimum Gasteiger partial charge on any atom is -0.495 e. The highest BCUT2D eigenvalue weighted by atomic mass is 16.6. The predicted molar refractivity (Wildman–Crippen MR) is 142 cm³/mol. The lowest BCUT2D eigenvalue weighted by Crippen LogP contribution is -2.50. The van der Waals surface area contributed by atoms with E-state index in [2.05, 4.69) is 20.7 Å². The van der Waals surface area contributed by atoms with Gasteiger partial charge in [-0.3, -0.25) is 0 Å². The van der Waals surface area contributed by atoms with E-state index in [9.17, 15) is 9.59 Å². The number of para-hydroxylation sites is 1. The number of rotatable bonds is 5. The molecule has 37 heavy (non-hydrogen) atoms. The molecule has 0 radical (unpaired) electrons. The molecule has 1 aliphatic rings. The second kappa shape index (κ2) is 10.8. The van der Waals surface area contributed by atoms with Gasteiger partial charge in [-0.05, 0) is 44.5 Å². The van der Waals surface area contributed by atoms with Crippen molar-refractivity contribution in [2.24, 2.45) is 0 Å². The van der Waals surface area contributed by atoms with Crippen LogP contribution in [-0.2, 0) is 4.74 Å². The van der Waals surface area contributed by atoms with Crippen molar-refractivity contribution in [3.8, 4) is 28.2 Å². The molecule has 2 N–H and O–H groups in total. The first-order valence-corrected chi connectivity index (χ1v) is 12.1. The SMILES string of the molecule is CNC(=O)Nc1ccc(-c2cccc(-c3cc(N4CCN(C(=O)OC(C)(C)C)CC4)no3)c2OC)cc1. The van der Waals surface area contributed by atoms with Gasteiger partial charge in [0.1, 0.15) is 11.4 Å². The molecule has 3 amide bonds. The number of piperazine rings is 1. The molecule has 1 fully saturated rings. The van der Waals surface area contributed by atoms with Crippen LogP contribution in [0.25, 0.3) is 22.5 Å². The van der Waals surface area contributed by atoms with Gasteiger partial charge in [-0.15, -0.1) is 0 Å². The third-order valence-electron chi connectivity index (χ3n) is 5.92. The van der Waals surface area contributed by atoms with Crippen molar-refractivity contribution in [2.45, 2.75) is 26.4 Å². The molecule has 0 unspecified atom stereocenters. The zero-order valence-electron chi connectivity index (χ0n) is 21.8. The van der Waals surface area contributed by atoms with E-state index in [0.717, 1.165) is 16.7 Å². The van der Waals surface area contributed by atoms with Crippen molar-refractivity contribution in [3.63, 3.8) is 0 Å². The Bertz CT molecular complexity index is 1240. The Morgan fingerprint density at radius 1 is 1.00 bits per heavy atom. The molecule has 1 aliphatic heterocycles. The highest BCUT2D eigenvalue weighted by molar-refractivity contribution is 5.89. The summed E-state index contributed by atoms with van der Waals surface area (Å²) in [5.74, 6) is 1.95. The smallest absolute Gasteiger partial charge is 0.410 e. The van der Waals surface area contributed by atoms with Crippen molar-refractivity contribution in [3.05, 3.63) is 48.5 Å². The molecular weight excluding hydrogens is 474 g/mol. The fourth-order valence-corrected chi connectivity index (χ4v) is 4.09. The van der Waals surface area contributed by atoms with Crippen LogP contribution in [0.3, 0.4) is 0 Å². The summed E-state index contributed by atoms with van der Waals surface area (Å²) in [6.07, 6.45) is -0.299. The second-order valence-electron chi connectivity index (χ2n) is 9.67. The zero-order chi connectivity index (χ0) is 26.6. The number of carbonyl (C=O) groups excluding carboxylic acids is 2. The molecule has 2 heterocycles. The third-order valence-corrected chi connectivity index (χ3v) is 5.92. The summed E-state index contributed by atoms with van der Waals surface area (Å²) in [7, 11) is 3.19. The van der Waals surface area contributed by atoms with Gasteiger partial charge >= 0.3 is 12.1 Å². The number of carbonyl (C=O) groups is 2. The van der Waals surface area contributed by atoms with E-state index < -0.39 is 5.60 Å². The minimum atomic E-state index is -0.521. The van der Waals surface area contributed by atoms with E-state index in [1.54, 1.807) is 19.1 Å². The predicted octanol–water partition coefficient (Wildman–Crippen LogP) is 4.83. The first-order valence-electron chi connectivity index (χ1n) is 12.1. The molecule has 196 valence electrons. The molecular formula is C27H33N5O5. The maximum absolute atomic E-state index is 12.4. The van der Waals surface area contributed by atoms with Crippen LogP contribution >= 0.6 is 0 Å². The van der Waals surface area contributed by atoms with Gasteiger partial charge in [0, 0.05) is 50.5 Å². The van der Waals surface area contributed by atoms with Crippen LogP contribution in [0.4, 0.5) is 21.1 Å². The van der Waals surface area contributed by atoms with Gasteiger partial charge in [-0.25, -0.2) is 9.59 Å². The lowest BCUT2D eigenvalue weighted by molar-refractivity contribution is 0.0240. The van der Waals surface area contributed by atoms with Gasteiger partial charge in [0.2, 0.25) is 0 Å². The lowest BCUT2D eigenvalue weighted by atomic mass is 10.00. The summed E-state index contributed by atoms with van der Waals surface area (Å²) in [5.41, 5.74) is 2.76. The van der Waals surface area contributed by atoms with Gasteiger partial charge in [-0.2, -0.15) is 0 Å². The van der Waals surface area contributed by atoms with Gasteiger partial charge in [-0.1, -0.05) is 29.4 Å². The number of aromatic nitrogens is 1. The molecule has 0 spiro atoms. The standard InChI is InChI=1S/C27H33N5O5/c1-27(2,3)36-26(34)32-15-13-31(14-16-32)23-17-22(37-30-23)21-8-6-7-20(24(21)35-5)18-9-11-19(12-10-18)29-25(33)28-4/h6-12,17H,13-16H2,1-5H3,(H2,28,29,33). The van der Waals surface area contributed by atoms with Crippen LogP contribution in [0.15, 0.2) is 53.1 Å². The summed E-state index contributed by atoms with van der Waals surface area (Å²) in [4.78, 5) is 27.7. The quantitative estimate of drug-likeness (QED) is 0.509. The van der Waals surface area contributed by atoms with E-state index in [-0.39, 0.29) is 12.1 Å². The average molecular weight is 508 g/mol. The number of nitrogens with zero attached hydrogens (tertiary/aromatic N) is 3. The average Bonchev–Trinajstić information content (AvgIpc) is 3.38. The van der Waals surface area contributed by atoms with E-state index in [0.29, 0.717) is 49.2 Å². The number of nitrogens with one attached hydrogen (secondary N) is 2. The largest absolute Gasteiger partial charge is 0.495 e. The highest BCUT2D eigenvalue weighted by Gasteiger charge is 2.27. The van der Waals surface area contributed by atoms with Crippen LogP contribution in [0.5, 0.6) is 5.75 Å². The van der Waals surface area contributed by atoms with Crippen LogP contribution in [0, 0.1) is 0 Å². The van der Waals surface area contributed by atoms with E-state index in [1.807, 2.05) is 69.3 Å². The van der Waals surface area contributed by atoms with Gasteiger partial charge < -0.3 is 34.4 Å². The fraction of sp³-hybridized carbons (Fsp3) is 0.370. The summed E-state index contributed by atoms with van der Waals surface area (Å²) >= 11 is 0. The summed E-state index contributed by atoms with van der Waals surface area (Å²) < 4.78 is 17.0. The molecule has 10 heteroatoms. The first-order chi connectivity index (χ1) is 17.7. The Labute approximate surface area is 216 Å². The molecule has 10 nitrogen and oxygen atoms in total. The Morgan fingerprint density at radius 3 is 2.30 bits per heavy atom. The number of benzene rings is 2. The van der Waals surface area contributed by atoms with Crippen LogP contribution in [0.1, 0.15) is 20.8 Å². The third kappa shape index (κ3) is 6.14. The van der Waals surface area contributed by atoms with Crippen molar-refractivity contribution >= 4 is 23.6 Å². The Hall–Kier alpha value is -4.21. The van der Waals surface area contributed by atoms with Crippen molar-refractivity contribution in [1.82, 2.24) is 15.4 Å². The first kappa shape index (κ1) is 25.9. The monoisotopic (exact) mass is 507 g/mol. The molecule has 2 aromatic carbocycles. The summed E-state index contributed by atoms with van der Waals surface area (Å²) in [5, 5.41) is 9.57. The number of anilines is 2. The second-order valence-corrected chi connectivity index (χ2v) is 9.67. The van der Waals surface area contributed by atoms with E-state index >= 15 is 0 Å². The number of amides is 3. The number of hydrogen-bond donors (Lipinski definition) is 2. The molecule has 0 atom stereocenters. The van der Waals surface area contributed by atoms with Crippen molar-refractivity contribution in [2.75, 3.05) is 50.6 Å². The Balaban J connectivity index is 1.49. The van der Waals surface area contributed by atoms with Crippen molar-refractivity contribution in [1.29, 1.82) is 0 Å². The molecule has 3 aromatic rings. The topological polar surface area (TPSA) is 109 Å². The molecule has 1 saturated heterocycles. The van der Waals surface area contributed by atoms with Gasteiger partial charge in [0.05, 0.1) is 12.7 Å². The Kier molecular flexibility index (Phi) is 7.56. The van der Waals surface area contributed by atoms with Crippen LogP contribution in [-0.4, -0.2) is 68.1 Å². The maximum Gasteiger partial charge on any atom is 0.410 e. The van der Waals surface area contributed by atoms with Gasteiger partial charge in [0.15, 0.2) is 11.6 Å². The molecule has 0 aliphatic carbocycles. The summed E-state index contributed by atoms with van der Waals surface area (Å²) in [6.45, 7) is 7.92. The Morgan fingerprint density at radius 2 is 1.68 bits per heavy atom. The van der Waals surface area contributed by atoms with Crippen LogP contribution in [0.2, 0.25) is 0 Å². The van der Waals surface area contributed by atoms with Gasteiger partial charge in [0.25, 0.3) is 0 Å². The van der Waals surface area contributed by atoms with E-state index in [4.69, 9.17) is 14.0 Å². The van der Waals surface area contributed by atoms with Crippen molar-refractivity contribution < 1.29 is 23.6 Å². The number of urea groups is 1. The molecule has 0 saturated carbocycles. The normalized spacial score (nSPS) is 13.8. The zero-order valence-corrected chi connectivity index (χ0v) is 21.8. The summed E-state index contributed by atoms with van der Waals surface area (Å²) in [6, 6.07) is 14.9. The number of hydrogen-bond acceptors (Lipinski definition) is 7. The van der Waals surface area contributed by atoms with Crippen LogP contribution < -0.4 is 20.3 Å². The maximum atomic E-state index is 12.4. The fourth-order valence-electron chi connectivity index (χ4n) is 4.09. The molecule has 4 rings (SSSR count). The molecule has 0 bridgehead atoms. The highest BCUT2D eigenvalue weighted by Crippen LogP contribution is 2.40. The minimum absolute atomic E-state index is 0.278. The van der Waals surface area contributed by atoms with E-state index in [1.165, 1.54) is 0 Å².